The summed E-state index contributed by atoms with van der Waals surface area (Å²) in [5.74, 6) is 0. The molecule has 4 rings (SSSR count). The van der Waals surface area contributed by atoms with Gasteiger partial charge in [0.15, 0.2) is 0 Å². The minimum absolute atomic E-state index is 0.367. The van der Waals surface area contributed by atoms with Crippen molar-refractivity contribution in [3.05, 3.63) is 138 Å². The number of hydrogen-bond acceptors (Lipinski definition) is 2. The van der Waals surface area contributed by atoms with Crippen molar-refractivity contribution in [1.29, 1.82) is 0 Å². The molecule has 4 aromatic carbocycles. The highest BCUT2D eigenvalue weighted by Crippen LogP contribution is 2.51. The van der Waals surface area contributed by atoms with Gasteiger partial charge in [0, 0.05) is 11.3 Å². The van der Waals surface area contributed by atoms with Crippen LogP contribution in [0, 0.1) is 0 Å². The van der Waals surface area contributed by atoms with Crippen LogP contribution >= 0.6 is 11.8 Å². The maximum atomic E-state index is 10.7. The molecule has 0 atom stereocenters. The van der Waals surface area contributed by atoms with Gasteiger partial charge in [0.1, 0.15) is 6.29 Å². The lowest BCUT2D eigenvalue weighted by molar-refractivity contribution is -0.107. The highest BCUT2D eigenvalue weighted by Gasteiger charge is 2.37. The van der Waals surface area contributed by atoms with Crippen molar-refractivity contribution in [3.63, 3.8) is 0 Å². The maximum Gasteiger partial charge on any atom is 0.120 e. The first-order valence-corrected chi connectivity index (χ1v) is 11.0. The molecule has 0 aliphatic heterocycles. The number of benzene rings is 4. The highest BCUT2D eigenvalue weighted by molar-refractivity contribution is 8.00. The van der Waals surface area contributed by atoms with E-state index in [2.05, 4.69) is 115 Å². The summed E-state index contributed by atoms with van der Waals surface area (Å²) in [5, 5.41) is 0. The molecule has 0 saturated heterocycles. The van der Waals surface area contributed by atoms with Crippen LogP contribution in [0.1, 0.15) is 28.7 Å². The first-order chi connectivity index (χ1) is 14.8. The molecule has 0 fully saturated rings. The molecule has 0 N–H and O–H groups in total. The lowest BCUT2D eigenvalue weighted by atomic mass is 9.84. The van der Waals surface area contributed by atoms with Crippen LogP contribution in [0.5, 0.6) is 0 Å². The van der Waals surface area contributed by atoms with Crippen molar-refractivity contribution in [3.8, 4) is 0 Å². The molecule has 0 aromatic heterocycles. The summed E-state index contributed by atoms with van der Waals surface area (Å²) < 4.78 is -0.367. The molecule has 0 heterocycles. The molecule has 0 amide bonds. The van der Waals surface area contributed by atoms with E-state index in [4.69, 9.17) is 0 Å². The van der Waals surface area contributed by atoms with Gasteiger partial charge < -0.3 is 4.79 Å². The predicted molar refractivity (Wildman–Crippen MR) is 126 cm³/mol. The van der Waals surface area contributed by atoms with Crippen molar-refractivity contribution in [2.45, 2.75) is 22.5 Å². The second-order valence-electron chi connectivity index (χ2n) is 7.23. The molecule has 0 saturated carbocycles. The molecule has 2 heteroatoms. The Labute approximate surface area is 182 Å². The van der Waals surface area contributed by atoms with Crippen molar-refractivity contribution < 1.29 is 4.79 Å². The van der Waals surface area contributed by atoms with E-state index in [0.717, 1.165) is 12.7 Å². The van der Waals surface area contributed by atoms with Crippen molar-refractivity contribution in [2.24, 2.45) is 0 Å². The minimum atomic E-state index is -0.367. The number of aldehydes is 1. The average Bonchev–Trinajstić information content (AvgIpc) is 2.84. The molecule has 0 bridgehead atoms. The van der Waals surface area contributed by atoms with Gasteiger partial charge in [0.25, 0.3) is 0 Å². The van der Waals surface area contributed by atoms with Gasteiger partial charge in [-0.05, 0) is 40.8 Å². The smallest absolute Gasteiger partial charge is 0.120 e. The van der Waals surface area contributed by atoms with Gasteiger partial charge in [-0.25, -0.2) is 0 Å². The monoisotopic (exact) mass is 408 g/mol. The summed E-state index contributed by atoms with van der Waals surface area (Å²) in [6.07, 6.45) is 2.33. The van der Waals surface area contributed by atoms with E-state index in [1.165, 1.54) is 27.1 Å². The van der Waals surface area contributed by atoms with Gasteiger partial charge in [-0.15, -0.1) is 11.8 Å². The molecule has 4 aromatic rings. The first kappa shape index (κ1) is 20.2. The zero-order chi connectivity index (χ0) is 20.7. The average molecular weight is 409 g/mol. The molecule has 1 nitrogen and oxygen atoms in total. The molecule has 0 radical (unpaired) electrons. The van der Waals surface area contributed by atoms with E-state index in [0.29, 0.717) is 6.42 Å². The van der Waals surface area contributed by atoms with E-state index in [1.807, 2.05) is 11.8 Å². The number of rotatable bonds is 8. The number of aryl methyl sites for hydroxylation is 1. The summed E-state index contributed by atoms with van der Waals surface area (Å²) in [6, 6.07) is 40.8. The second-order valence-corrected chi connectivity index (χ2v) is 8.52. The van der Waals surface area contributed by atoms with E-state index in [1.54, 1.807) is 0 Å². The molecule has 30 heavy (non-hydrogen) atoms. The highest BCUT2D eigenvalue weighted by atomic mass is 32.2. The number of carbonyl (C=O) groups is 1. The Morgan fingerprint density at radius 1 is 0.600 bits per heavy atom. The second kappa shape index (κ2) is 9.60. The van der Waals surface area contributed by atoms with Crippen molar-refractivity contribution in [2.75, 3.05) is 0 Å². The lowest BCUT2D eigenvalue weighted by Crippen LogP contribution is -2.25. The fourth-order valence-corrected chi connectivity index (χ4v) is 5.21. The maximum absolute atomic E-state index is 10.7. The third kappa shape index (κ3) is 4.24. The van der Waals surface area contributed by atoms with E-state index in [9.17, 15) is 4.79 Å². The quantitative estimate of drug-likeness (QED) is 0.179. The minimum Gasteiger partial charge on any atom is -0.303 e. The Hall–Kier alpha value is -3.10. The van der Waals surface area contributed by atoms with Crippen LogP contribution in [0.25, 0.3) is 0 Å². The van der Waals surface area contributed by atoms with E-state index in [-0.39, 0.29) is 4.75 Å². The Kier molecular flexibility index (Phi) is 6.46. The van der Waals surface area contributed by atoms with Crippen LogP contribution in [0.2, 0.25) is 0 Å². The Morgan fingerprint density at radius 2 is 1.03 bits per heavy atom. The van der Waals surface area contributed by atoms with E-state index >= 15 is 0 Å². The van der Waals surface area contributed by atoms with Crippen LogP contribution in [-0.2, 0) is 16.0 Å². The van der Waals surface area contributed by atoms with Crippen LogP contribution in [0.3, 0.4) is 0 Å². The number of carbonyl (C=O) groups excluding carboxylic acids is 1. The Balaban J connectivity index is 1.86. The molecule has 148 valence electrons. The van der Waals surface area contributed by atoms with Crippen molar-refractivity contribution >= 4 is 18.0 Å². The summed E-state index contributed by atoms with van der Waals surface area (Å²) in [5.41, 5.74) is 4.93. The summed E-state index contributed by atoms with van der Waals surface area (Å²) >= 11 is 1.86. The van der Waals surface area contributed by atoms with Crippen LogP contribution in [0.15, 0.2) is 120 Å². The zero-order valence-corrected chi connectivity index (χ0v) is 17.6. The van der Waals surface area contributed by atoms with Gasteiger partial charge in [0.2, 0.25) is 0 Å². The molecular weight excluding hydrogens is 384 g/mol. The summed E-state index contributed by atoms with van der Waals surface area (Å²) in [7, 11) is 0. The number of thioether (sulfide) groups is 1. The van der Waals surface area contributed by atoms with Crippen LogP contribution in [0.4, 0.5) is 0 Å². The Morgan fingerprint density at radius 3 is 1.43 bits per heavy atom. The molecule has 0 unspecified atom stereocenters. The fraction of sp³-hybridized carbons (Fsp3) is 0.107. The van der Waals surface area contributed by atoms with E-state index < -0.39 is 0 Å². The lowest BCUT2D eigenvalue weighted by Gasteiger charge is -2.35. The normalized spacial score (nSPS) is 11.2. The topological polar surface area (TPSA) is 17.1 Å². The van der Waals surface area contributed by atoms with Gasteiger partial charge in [0.05, 0.1) is 4.75 Å². The largest absolute Gasteiger partial charge is 0.303 e. The number of hydrogen-bond donors (Lipinski definition) is 0. The first-order valence-electron chi connectivity index (χ1n) is 10.2. The van der Waals surface area contributed by atoms with Gasteiger partial charge in [-0.1, -0.05) is 103 Å². The summed E-state index contributed by atoms with van der Waals surface area (Å²) in [4.78, 5) is 11.9. The standard InChI is InChI=1S/C28H24OS/c29-22-10-11-23-18-20-27(21-19-23)30-28(24-12-4-1-5-13-24,25-14-6-2-7-15-25)26-16-8-3-9-17-26/h1-9,12-22H,10-11H2. The fourth-order valence-electron chi connectivity index (χ4n) is 3.82. The van der Waals surface area contributed by atoms with Gasteiger partial charge >= 0.3 is 0 Å². The SMILES string of the molecule is O=CCCc1ccc(SC(c2ccccc2)(c2ccccc2)c2ccccc2)cc1. The van der Waals surface area contributed by atoms with Gasteiger partial charge in [-0.3, -0.25) is 0 Å². The zero-order valence-electron chi connectivity index (χ0n) is 16.8. The molecule has 0 spiro atoms. The van der Waals surface area contributed by atoms with Crippen LogP contribution in [-0.4, -0.2) is 6.29 Å². The molecule has 0 aliphatic rings. The van der Waals surface area contributed by atoms with Gasteiger partial charge in [-0.2, -0.15) is 0 Å². The Bertz CT molecular complexity index is 961. The summed E-state index contributed by atoms with van der Waals surface area (Å²) in [6.45, 7) is 0. The van der Waals surface area contributed by atoms with Crippen molar-refractivity contribution in [1.82, 2.24) is 0 Å². The molecule has 0 aliphatic carbocycles. The third-order valence-electron chi connectivity index (χ3n) is 5.29. The third-order valence-corrected chi connectivity index (χ3v) is 6.81. The predicted octanol–water partition coefficient (Wildman–Crippen LogP) is 6.90. The molecular formula is C28H24OS. The van der Waals surface area contributed by atoms with Crippen LogP contribution < -0.4 is 0 Å².